The summed E-state index contributed by atoms with van der Waals surface area (Å²) in [5.41, 5.74) is -0.0277. The van der Waals surface area contributed by atoms with Crippen molar-refractivity contribution >= 4 is 33.0 Å². The molecule has 0 aliphatic heterocycles. The largest absolute Gasteiger partial charge is 0.298 e. The number of carbonyl (C=O) groups is 2. The molecule has 1 atom stereocenters. The van der Waals surface area contributed by atoms with E-state index in [4.69, 9.17) is 16.9 Å². The normalized spacial score (nSPS) is 12.5. The number of sulfone groups is 1. The number of nitriles is 1. The number of carbonyl (C=O) groups excluding carboxylic acids is 2. The molecule has 1 unspecified atom stereocenters. The Morgan fingerprint density at radius 2 is 2.00 bits per heavy atom. The number of benzene rings is 1. The molecule has 0 N–H and O–H groups in total. The summed E-state index contributed by atoms with van der Waals surface area (Å²) in [7, 11) is -3.45. The van der Waals surface area contributed by atoms with Crippen LogP contribution in [-0.2, 0) is 14.6 Å². The van der Waals surface area contributed by atoms with Gasteiger partial charge in [0, 0.05) is 18.2 Å². The first-order valence-corrected chi connectivity index (χ1v) is 8.45. The summed E-state index contributed by atoms with van der Waals surface area (Å²) in [5, 5.41) is 8.91. The van der Waals surface area contributed by atoms with Crippen molar-refractivity contribution in [2.75, 3.05) is 6.26 Å². The maximum Gasteiger partial charge on any atom is 0.189 e. The van der Waals surface area contributed by atoms with Crippen LogP contribution in [0.4, 0.5) is 0 Å². The van der Waals surface area contributed by atoms with Gasteiger partial charge in [0.15, 0.2) is 27.3 Å². The van der Waals surface area contributed by atoms with E-state index in [1.807, 2.05) is 0 Å². The van der Waals surface area contributed by atoms with Crippen molar-refractivity contribution in [2.24, 2.45) is 5.92 Å². The molecular weight excluding hydrogens is 314 g/mol. The molecule has 0 fully saturated rings. The number of ketones is 2. The van der Waals surface area contributed by atoms with E-state index in [9.17, 15) is 18.0 Å². The van der Waals surface area contributed by atoms with Gasteiger partial charge in [-0.2, -0.15) is 5.26 Å². The van der Waals surface area contributed by atoms with Crippen molar-refractivity contribution in [1.29, 1.82) is 5.26 Å². The maximum atomic E-state index is 12.2. The third kappa shape index (κ3) is 4.13. The van der Waals surface area contributed by atoms with E-state index in [-0.39, 0.29) is 21.9 Å². The fraction of sp³-hybridized carbons (Fsp3) is 0.357. The van der Waals surface area contributed by atoms with Crippen LogP contribution in [0.2, 0.25) is 5.02 Å². The van der Waals surface area contributed by atoms with E-state index >= 15 is 0 Å². The van der Waals surface area contributed by atoms with Gasteiger partial charge in [-0.25, -0.2) is 8.42 Å². The second-order valence-electron chi connectivity index (χ2n) is 4.56. The average Bonchev–Trinajstić information content (AvgIpc) is 2.38. The minimum Gasteiger partial charge on any atom is -0.298 e. The molecule has 1 aromatic carbocycles. The zero-order valence-corrected chi connectivity index (χ0v) is 13.2. The smallest absolute Gasteiger partial charge is 0.189 e. The molecule has 0 spiro atoms. The molecule has 0 bridgehead atoms. The number of Topliss-reactive ketones (excluding diaryl/α,β-unsaturated/α-hetero) is 2. The van der Waals surface area contributed by atoms with Crippen molar-refractivity contribution in [3.8, 4) is 6.07 Å². The van der Waals surface area contributed by atoms with Crippen LogP contribution in [0.3, 0.4) is 0 Å². The molecule has 0 heterocycles. The Kier molecular flexibility index (Phi) is 5.64. The molecule has 0 aliphatic rings. The molecule has 0 saturated carbocycles. The van der Waals surface area contributed by atoms with Gasteiger partial charge in [0.05, 0.1) is 16.0 Å². The summed E-state index contributed by atoms with van der Waals surface area (Å²) in [6.07, 6.45) is 1.68. The van der Waals surface area contributed by atoms with Gasteiger partial charge in [0.2, 0.25) is 0 Å². The van der Waals surface area contributed by atoms with Gasteiger partial charge in [-0.3, -0.25) is 9.59 Å². The van der Waals surface area contributed by atoms with Crippen LogP contribution in [0.1, 0.15) is 30.1 Å². The Balaban J connectivity index is 3.20. The van der Waals surface area contributed by atoms with Crippen molar-refractivity contribution < 1.29 is 18.0 Å². The van der Waals surface area contributed by atoms with Crippen LogP contribution < -0.4 is 0 Å². The first-order valence-electron chi connectivity index (χ1n) is 6.18. The highest BCUT2D eigenvalue weighted by molar-refractivity contribution is 7.90. The predicted octanol–water partition coefficient (Wildman–Crippen LogP) is 2.44. The minimum absolute atomic E-state index is 0.0277. The van der Waals surface area contributed by atoms with Gasteiger partial charge in [-0.05, 0) is 24.6 Å². The van der Waals surface area contributed by atoms with Crippen molar-refractivity contribution in [2.45, 2.75) is 24.7 Å². The highest BCUT2D eigenvalue weighted by Crippen LogP contribution is 2.24. The predicted molar refractivity (Wildman–Crippen MR) is 77.9 cm³/mol. The molecule has 0 amide bonds. The summed E-state index contributed by atoms with van der Waals surface area (Å²) in [5.74, 6) is -2.58. The van der Waals surface area contributed by atoms with Crippen LogP contribution in [-0.4, -0.2) is 26.2 Å². The third-order valence-corrected chi connectivity index (χ3v) is 4.27. The number of rotatable bonds is 6. The molecular formula is C14H14ClNO4S. The monoisotopic (exact) mass is 327 g/mol. The zero-order valence-electron chi connectivity index (χ0n) is 11.6. The van der Waals surface area contributed by atoms with Crippen LogP contribution in [0.25, 0.3) is 0 Å². The Morgan fingerprint density at radius 3 is 2.43 bits per heavy atom. The first kappa shape index (κ1) is 17.3. The third-order valence-electron chi connectivity index (χ3n) is 2.84. The molecule has 1 aromatic rings. The second-order valence-corrected chi connectivity index (χ2v) is 6.98. The van der Waals surface area contributed by atoms with Crippen LogP contribution in [0.15, 0.2) is 23.1 Å². The lowest BCUT2D eigenvalue weighted by Gasteiger charge is -2.09. The van der Waals surface area contributed by atoms with E-state index < -0.39 is 27.3 Å². The van der Waals surface area contributed by atoms with Gasteiger partial charge in [0.1, 0.15) is 0 Å². The first-order chi connectivity index (χ1) is 9.72. The fourth-order valence-electron chi connectivity index (χ4n) is 1.75. The highest BCUT2D eigenvalue weighted by Gasteiger charge is 2.28. The van der Waals surface area contributed by atoms with Gasteiger partial charge >= 0.3 is 0 Å². The van der Waals surface area contributed by atoms with Crippen LogP contribution >= 0.6 is 11.6 Å². The summed E-state index contributed by atoms with van der Waals surface area (Å²) >= 11 is 5.91. The van der Waals surface area contributed by atoms with Gasteiger partial charge in [0.25, 0.3) is 0 Å². The van der Waals surface area contributed by atoms with E-state index in [2.05, 4.69) is 0 Å². The van der Waals surface area contributed by atoms with Crippen molar-refractivity contribution in [3.05, 3.63) is 28.8 Å². The van der Waals surface area contributed by atoms with E-state index in [0.717, 1.165) is 12.3 Å². The summed E-state index contributed by atoms with van der Waals surface area (Å²) in [4.78, 5) is 23.9. The number of nitrogens with zero attached hydrogens (tertiary/aromatic N) is 1. The van der Waals surface area contributed by atoms with Gasteiger partial charge in [-0.15, -0.1) is 0 Å². The molecule has 0 aliphatic carbocycles. The standard InChI is InChI=1S/C14H14ClNO4S/c1-3-4-13(17)11(8-16)14(18)10-6-5-9(7-12(10)15)21(2,19)20/h5-7,11H,3-4H2,1-2H3. The molecule has 1 rings (SSSR count). The zero-order chi connectivity index (χ0) is 16.2. The van der Waals surface area contributed by atoms with E-state index in [1.165, 1.54) is 12.1 Å². The van der Waals surface area contributed by atoms with Crippen LogP contribution in [0, 0.1) is 17.2 Å². The number of halogens is 1. The maximum absolute atomic E-state index is 12.2. The van der Waals surface area contributed by atoms with Gasteiger partial charge in [-0.1, -0.05) is 18.5 Å². The fourth-order valence-corrected chi connectivity index (χ4v) is 2.73. The Bertz CT molecular complexity index is 719. The SMILES string of the molecule is CCCC(=O)C(C#N)C(=O)c1ccc(S(C)(=O)=O)cc1Cl. The Morgan fingerprint density at radius 1 is 1.38 bits per heavy atom. The Labute approximate surface area is 128 Å². The molecule has 5 nitrogen and oxygen atoms in total. The van der Waals surface area contributed by atoms with E-state index in [0.29, 0.717) is 6.42 Å². The quantitative estimate of drug-likeness (QED) is 0.591. The lowest BCUT2D eigenvalue weighted by Crippen LogP contribution is -2.23. The summed E-state index contributed by atoms with van der Waals surface area (Å²) < 4.78 is 22.8. The summed E-state index contributed by atoms with van der Waals surface area (Å²) in [6.45, 7) is 1.77. The molecule has 7 heteroatoms. The lowest BCUT2D eigenvalue weighted by molar-refractivity contribution is -0.120. The topological polar surface area (TPSA) is 92.1 Å². The second kappa shape index (κ2) is 6.83. The summed E-state index contributed by atoms with van der Waals surface area (Å²) in [6, 6.07) is 5.28. The van der Waals surface area contributed by atoms with Crippen molar-refractivity contribution in [3.63, 3.8) is 0 Å². The minimum atomic E-state index is -3.45. The van der Waals surface area contributed by atoms with Crippen LogP contribution in [0.5, 0.6) is 0 Å². The highest BCUT2D eigenvalue weighted by atomic mass is 35.5. The number of hydrogen-bond donors (Lipinski definition) is 0. The molecule has 112 valence electrons. The molecule has 0 radical (unpaired) electrons. The lowest BCUT2D eigenvalue weighted by atomic mass is 9.93. The molecule has 0 aromatic heterocycles. The Hall–Kier alpha value is -1.71. The van der Waals surface area contributed by atoms with Gasteiger partial charge < -0.3 is 0 Å². The van der Waals surface area contributed by atoms with E-state index in [1.54, 1.807) is 13.0 Å². The average molecular weight is 328 g/mol. The van der Waals surface area contributed by atoms with Crippen molar-refractivity contribution in [1.82, 2.24) is 0 Å². The molecule has 21 heavy (non-hydrogen) atoms. The molecule has 0 saturated heterocycles. The number of hydrogen-bond acceptors (Lipinski definition) is 5.